The molecule has 1 aromatic carbocycles. The van der Waals surface area contributed by atoms with E-state index in [4.69, 9.17) is 16.3 Å². The maximum atomic E-state index is 12.3. The number of nitrogens with one attached hydrogen (secondary N) is 1. The van der Waals surface area contributed by atoms with Gasteiger partial charge in [-0.25, -0.2) is 4.98 Å². The van der Waals surface area contributed by atoms with Crippen molar-refractivity contribution in [3.8, 4) is 5.75 Å². The second-order valence-corrected chi connectivity index (χ2v) is 6.08. The van der Waals surface area contributed by atoms with Crippen molar-refractivity contribution >= 4 is 17.5 Å². The lowest BCUT2D eigenvalue weighted by Crippen LogP contribution is -2.45. The van der Waals surface area contributed by atoms with E-state index in [0.29, 0.717) is 17.1 Å². The van der Waals surface area contributed by atoms with E-state index in [1.165, 1.54) is 6.20 Å². The van der Waals surface area contributed by atoms with Gasteiger partial charge in [-0.1, -0.05) is 29.8 Å². The van der Waals surface area contributed by atoms with Gasteiger partial charge in [-0.15, -0.1) is 0 Å². The van der Waals surface area contributed by atoms with Crippen molar-refractivity contribution < 1.29 is 9.53 Å². The van der Waals surface area contributed by atoms with Gasteiger partial charge in [-0.05, 0) is 44.0 Å². The fourth-order valence-corrected chi connectivity index (χ4v) is 2.37. The summed E-state index contributed by atoms with van der Waals surface area (Å²) in [5.41, 5.74) is 1.10. The summed E-state index contributed by atoms with van der Waals surface area (Å²) >= 11 is 5.73. The third kappa shape index (κ3) is 4.21. The molecule has 5 heteroatoms. The molecule has 0 aliphatic carbocycles. The lowest BCUT2D eigenvalue weighted by Gasteiger charge is -2.27. The number of carbonyl (C=O) groups is 1. The summed E-state index contributed by atoms with van der Waals surface area (Å²) in [7, 11) is 1.64. The van der Waals surface area contributed by atoms with Crippen molar-refractivity contribution in [2.75, 3.05) is 7.11 Å². The molecule has 1 aromatic heterocycles. The summed E-state index contributed by atoms with van der Waals surface area (Å²) in [5.74, 6) is 0.641. The number of nitrogens with zero attached hydrogens (tertiary/aromatic N) is 1. The van der Waals surface area contributed by atoms with Crippen LogP contribution in [0.25, 0.3) is 0 Å². The highest BCUT2D eigenvalue weighted by Crippen LogP contribution is 2.23. The zero-order chi connectivity index (χ0) is 16.2. The van der Waals surface area contributed by atoms with Gasteiger partial charge in [-0.2, -0.15) is 0 Å². The molecular formula is C17H19ClN2O2. The Balaban J connectivity index is 2.10. The highest BCUT2D eigenvalue weighted by molar-refractivity contribution is 6.29. The van der Waals surface area contributed by atoms with E-state index in [0.717, 1.165) is 11.3 Å². The van der Waals surface area contributed by atoms with Crippen LogP contribution in [0, 0.1) is 0 Å². The molecule has 0 saturated carbocycles. The number of pyridine rings is 1. The maximum absolute atomic E-state index is 12.3. The molecule has 0 spiro atoms. The van der Waals surface area contributed by atoms with E-state index in [1.807, 2.05) is 38.1 Å². The number of aromatic nitrogens is 1. The number of amides is 1. The van der Waals surface area contributed by atoms with Gasteiger partial charge in [0.1, 0.15) is 10.9 Å². The molecule has 1 heterocycles. The monoisotopic (exact) mass is 318 g/mol. The number of ether oxygens (including phenoxy) is 1. The molecule has 0 atom stereocenters. The Morgan fingerprint density at radius 2 is 2.00 bits per heavy atom. The number of methoxy groups -OCH3 is 1. The Bertz CT molecular complexity index is 654. The van der Waals surface area contributed by atoms with E-state index in [1.54, 1.807) is 19.2 Å². The smallest absolute Gasteiger partial charge is 0.253 e. The molecule has 0 radical (unpaired) electrons. The van der Waals surface area contributed by atoms with E-state index >= 15 is 0 Å². The van der Waals surface area contributed by atoms with Crippen molar-refractivity contribution in [3.05, 3.63) is 58.9 Å². The second-order valence-electron chi connectivity index (χ2n) is 5.70. The van der Waals surface area contributed by atoms with Crippen LogP contribution < -0.4 is 10.1 Å². The van der Waals surface area contributed by atoms with Crippen molar-refractivity contribution in [1.82, 2.24) is 10.3 Å². The lowest BCUT2D eigenvalue weighted by atomic mass is 9.94. The van der Waals surface area contributed by atoms with Gasteiger partial charge < -0.3 is 10.1 Å². The van der Waals surface area contributed by atoms with Crippen molar-refractivity contribution in [3.63, 3.8) is 0 Å². The number of hydrogen-bond donors (Lipinski definition) is 1. The quantitative estimate of drug-likeness (QED) is 0.858. The van der Waals surface area contributed by atoms with Gasteiger partial charge in [0.05, 0.1) is 12.7 Å². The molecular weight excluding hydrogens is 300 g/mol. The third-order valence-electron chi connectivity index (χ3n) is 3.27. The number of hydrogen-bond acceptors (Lipinski definition) is 3. The molecule has 0 fully saturated rings. The summed E-state index contributed by atoms with van der Waals surface area (Å²) in [6.45, 7) is 3.95. The molecule has 1 N–H and O–H groups in total. The zero-order valence-corrected chi connectivity index (χ0v) is 13.6. The van der Waals surface area contributed by atoms with Crippen molar-refractivity contribution in [2.45, 2.75) is 25.8 Å². The Morgan fingerprint density at radius 1 is 1.27 bits per heavy atom. The van der Waals surface area contributed by atoms with E-state index in [2.05, 4.69) is 10.3 Å². The van der Waals surface area contributed by atoms with Crippen molar-refractivity contribution in [1.29, 1.82) is 0 Å². The molecule has 0 aliphatic heterocycles. The first-order chi connectivity index (χ1) is 10.4. The van der Waals surface area contributed by atoms with Gasteiger partial charge in [-0.3, -0.25) is 4.79 Å². The number of halogens is 1. The van der Waals surface area contributed by atoms with E-state index < -0.39 is 5.54 Å². The minimum absolute atomic E-state index is 0.177. The molecule has 116 valence electrons. The van der Waals surface area contributed by atoms with Crippen LogP contribution in [0.1, 0.15) is 29.8 Å². The lowest BCUT2D eigenvalue weighted by molar-refractivity contribution is 0.0912. The largest absolute Gasteiger partial charge is 0.496 e. The topological polar surface area (TPSA) is 51.2 Å². The van der Waals surface area contributed by atoms with Crippen LogP contribution in [0.3, 0.4) is 0 Å². The van der Waals surface area contributed by atoms with Gasteiger partial charge in [0.2, 0.25) is 0 Å². The summed E-state index contributed by atoms with van der Waals surface area (Å²) in [4.78, 5) is 16.2. The maximum Gasteiger partial charge on any atom is 0.253 e. The normalized spacial score (nSPS) is 11.1. The number of carbonyl (C=O) groups excluding carboxylic acids is 1. The summed E-state index contributed by atoms with van der Waals surface area (Å²) in [5, 5.41) is 3.38. The first-order valence-corrected chi connectivity index (χ1v) is 7.35. The first-order valence-electron chi connectivity index (χ1n) is 6.97. The van der Waals surface area contributed by atoms with Crippen LogP contribution in [-0.4, -0.2) is 23.5 Å². The zero-order valence-electron chi connectivity index (χ0n) is 12.9. The van der Waals surface area contributed by atoms with Gasteiger partial charge in [0.15, 0.2) is 0 Å². The second kappa shape index (κ2) is 6.79. The van der Waals surface area contributed by atoms with E-state index in [-0.39, 0.29) is 5.91 Å². The van der Waals surface area contributed by atoms with Gasteiger partial charge in [0, 0.05) is 11.7 Å². The molecule has 4 nitrogen and oxygen atoms in total. The minimum atomic E-state index is -0.425. The minimum Gasteiger partial charge on any atom is -0.496 e. The molecule has 0 bridgehead atoms. The molecule has 2 rings (SSSR count). The average Bonchev–Trinajstić information content (AvgIpc) is 2.47. The van der Waals surface area contributed by atoms with Crippen LogP contribution in [0.2, 0.25) is 5.15 Å². The van der Waals surface area contributed by atoms with Crippen LogP contribution in [-0.2, 0) is 6.42 Å². The van der Waals surface area contributed by atoms with E-state index in [9.17, 15) is 4.79 Å². The van der Waals surface area contributed by atoms with Crippen LogP contribution in [0.15, 0.2) is 42.6 Å². The summed E-state index contributed by atoms with van der Waals surface area (Å²) in [6, 6.07) is 11.0. The average molecular weight is 319 g/mol. The number of benzene rings is 1. The first kappa shape index (κ1) is 16.3. The van der Waals surface area contributed by atoms with Crippen LogP contribution >= 0.6 is 11.6 Å². The Labute approximate surface area is 135 Å². The molecule has 22 heavy (non-hydrogen) atoms. The van der Waals surface area contributed by atoms with Crippen LogP contribution in [0.4, 0.5) is 0 Å². The van der Waals surface area contributed by atoms with Gasteiger partial charge >= 0.3 is 0 Å². The highest BCUT2D eigenvalue weighted by atomic mass is 35.5. The number of rotatable bonds is 5. The molecule has 0 unspecified atom stereocenters. The molecule has 0 aliphatic rings. The SMILES string of the molecule is COc1ccccc1CC(C)(C)NC(=O)c1ccc(Cl)nc1. The van der Waals surface area contributed by atoms with Crippen LogP contribution in [0.5, 0.6) is 5.75 Å². The highest BCUT2D eigenvalue weighted by Gasteiger charge is 2.23. The fraction of sp³-hybridized carbons (Fsp3) is 0.294. The Morgan fingerprint density at radius 3 is 2.64 bits per heavy atom. The Kier molecular flexibility index (Phi) is 5.03. The predicted molar refractivity (Wildman–Crippen MR) is 87.5 cm³/mol. The molecule has 0 saturated heterocycles. The van der Waals surface area contributed by atoms with Crippen molar-refractivity contribution in [2.24, 2.45) is 0 Å². The number of para-hydroxylation sites is 1. The predicted octanol–water partition coefficient (Wildman–Crippen LogP) is 3.49. The molecule has 2 aromatic rings. The standard InChI is InChI=1S/C17H19ClN2O2/c1-17(2,10-12-6-4-5-7-14(12)22-3)20-16(21)13-8-9-15(18)19-11-13/h4-9,11H,10H2,1-3H3,(H,20,21). The third-order valence-corrected chi connectivity index (χ3v) is 3.49. The summed E-state index contributed by atoms with van der Waals surface area (Å²) in [6.07, 6.45) is 2.13. The fourth-order valence-electron chi connectivity index (χ4n) is 2.26. The molecule has 1 amide bonds. The summed E-state index contributed by atoms with van der Waals surface area (Å²) < 4.78 is 5.36. The van der Waals surface area contributed by atoms with Gasteiger partial charge in [0.25, 0.3) is 5.91 Å². The Hall–Kier alpha value is -2.07.